The molecule has 9 atom stereocenters. The summed E-state index contributed by atoms with van der Waals surface area (Å²) in [6, 6.07) is 0. The minimum atomic E-state index is -0.117. The lowest BCUT2D eigenvalue weighted by molar-refractivity contribution is -0.151. The summed E-state index contributed by atoms with van der Waals surface area (Å²) in [5.41, 5.74) is -0.117. The third-order valence-electron chi connectivity index (χ3n) is 7.56. The van der Waals surface area contributed by atoms with Crippen LogP contribution in [0.1, 0.15) is 81.1 Å². The zero-order valence-electron chi connectivity index (χ0n) is 16.8. The molecule has 2 heteroatoms. The van der Waals surface area contributed by atoms with E-state index >= 15 is 0 Å². The molecule has 0 aromatic heterocycles. The fourth-order valence-electron chi connectivity index (χ4n) is 5.16. The lowest BCUT2D eigenvalue weighted by atomic mass is 9.66. The fourth-order valence-corrected chi connectivity index (χ4v) is 5.16. The highest BCUT2D eigenvalue weighted by atomic mass is 16.6. The third-order valence-corrected chi connectivity index (χ3v) is 7.56. The standard InChI is InChI=1S/C21H40O2/c1-9-17-12-19(15(6)13(4)14(17)5)22-20-16(7)18(10-2)23-21(20,8)11-3/h13-20H,9-12H2,1-8H3/t13-,14?,15?,16?,17-,18-,19?,20+,21-/m0/s1. The van der Waals surface area contributed by atoms with E-state index in [4.69, 9.17) is 9.47 Å². The summed E-state index contributed by atoms with van der Waals surface area (Å²) in [6.45, 7) is 18.7. The lowest BCUT2D eigenvalue weighted by Gasteiger charge is -2.45. The van der Waals surface area contributed by atoms with Gasteiger partial charge in [-0.05, 0) is 49.9 Å². The van der Waals surface area contributed by atoms with E-state index in [0.717, 1.165) is 30.6 Å². The first-order valence-corrected chi connectivity index (χ1v) is 10.1. The van der Waals surface area contributed by atoms with Crippen molar-refractivity contribution in [1.29, 1.82) is 0 Å². The molecule has 0 radical (unpaired) electrons. The van der Waals surface area contributed by atoms with Crippen LogP contribution in [-0.2, 0) is 9.47 Å². The lowest BCUT2D eigenvalue weighted by Crippen LogP contribution is -2.47. The van der Waals surface area contributed by atoms with Crippen LogP contribution >= 0.6 is 0 Å². The van der Waals surface area contributed by atoms with Crippen LogP contribution in [0.15, 0.2) is 0 Å². The van der Waals surface area contributed by atoms with Crippen molar-refractivity contribution in [2.24, 2.45) is 29.6 Å². The van der Waals surface area contributed by atoms with Crippen molar-refractivity contribution in [3.63, 3.8) is 0 Å². The predicted octanol–water partition coefficient (Wildman–Crippen LogP) is 5.69. The molecule has 0 bridgehead atoms. The Bertz CT molecular complexity index is 380. The van der Waals surface area contributed by atoms with Crippen LogP contribution in [0, 0.1) is 29.6 Å². The molecule has 1 saturated carbocycles. The van der Waals surface area contributed by atoms with E-state index in [1.165, 1.54) is 12.8 Å². The third kappa shape index (κ3) is 3.49. The Labute approximate surface area is 144 Å². The number of hydrogen-bond donors (Lipinski definition) is 0. The van der Waals surface area contributed by atoms with Crippen molar-refractivity contribution in [3.05, 3.63) is 0 Å². The molecule has 4 unspecified atom stereocenters. The average Bonchev–Trinajstić information content (AvgIpc) is 2.79. The molecule has 2 rings (SSSR count). The first kappa shape index (κ1) is 19.2. The molecule has 0 N–H and O–H groups in total. The summed E-state index contributed by atoms with van der Waals surface area (Å²) >= 11 is 0. The summed E-state index contributed by atoms with van der Waals surface area (Å²) in [5.74, 6) is 3.49. The van der Waals surface area contributed by atoms with E-state index in [9.17, 15) is 0 Å². The van der Waals surface area contributed by atoms with E-state index in [1.807, 2.05) is 0 Å². The Morgan fingerprint density at radius 2 is 1.57 bits per heavy atom. The smallest absolute Gasteiger partial charge is 0.0920 e. The van der Waals surface area contributed by atoms with Gasteiger partial charge < -0.3 is 9.47 Å². The number of rotatable bonds is 5. The van der Waals surface area contributed by atoms with Gasteiger partial charge in [0.15, 0.2) is 0 Å². The first-order valence-electron chi connectivity index (χ1n) is 10.1. The first-order chi connectivity index (χ1) is 10.8. The molecule has 1 saturated heterocycles. The number of ether oxygens (including phenoxy) is 2. The molecule has 2 fully saturated rings. The van der Waals surface area contributed by atoms with Crippen LogP contribution in [0.2, 0.25) is 0 Å². The fraction of sp³-hybridized carbons (Fsp3) is 1.00. The van der Waals surface area contributed by atoms with Crippen molar-refractivity contribution in [3.8, 4) is 0 Å². The second-order valence-electron chi connectivity index (χ2n) is 8.67. The molecular weight excluding hydrogens is 284 g/mol. The van der Waals surface area contributed by atoms with E-state index in [2.05, 4.69) is 55.4 Å². The van der Waals surface area contributed by atoms with Crippen LogP contribution < -0.4 is 0 Å². The maximum Gasteiger partial charge on any atom is 0.0920 e. The molecule has 0 aromatic carbocycles. The molecular formula is C21H40O2. The Kier molecular flexibility index (Phi) is 6.22. The summed E-state index contributed by atoms with van der Waals surface area (Å²) in [6.07, 6.45) is 5.60. The Morgan fingerprint density at radius 3 is 2.09 bits per heavy atom. The quantitative estimate of drug-likeness (QED) is 0.646. The summed E-state index contributed by atoms with van der Waals surface area (Å²) < 4.78 is 13.3. The summed E-state index contributed by atoms with van der Waals surface area (Å²) in [7, 11) is 0. The molecule has 2 aliphatic rings. The molecule has 0 spiro atoms. The van der Waals surface area contributed by atoms with E-state index < -0.39 is 0 Å². The van der Waals surface area contributed by atoms with Gasteiger partial charge in [0.05, 0.1) is 23.9 Å². The molecule has 1 heterocycles. The highest BCUT2D eigenvalue weighted by Crippen LogP contribution is 2.46. The number of hydrogen-bond acceptors (Lipinski definition) is 2. The van der Waals surface area contributed by atoms with Crippen LogP contribution in [0.4, 0.5) is 0 Å². The Balaban J connectivity index is 2.15. The van der Waals surface area contributed by atoms with Crippen LogP contribution in [-0.4, -0.2) is 23.9 Å². The minimum Gasteiger partial charge on any atom is -0.371 e. The van der Waals surface area contributed by atoms with E-state index in [1.54, 1.807) is 0 Å². The maximum atomic E-state index is 6.84. The predicted molar refractivity (Wildman–Crippen MR) is 97.6 cm³/mol. The SMILES string of the molecule is CC[C@H]1CC(O[C@@H]2C(C)[C@H](CC)O[C@@]2(C)CC)C(C)[C@@H](C)C1C. The largest absolute Gasteiger partial charge is 0.371 e. The van der Waals surface area contributed by atoms with Crippen LogP contribution in [0.5, 0.6) is 0 Å². The van der Waals surface area contributed by atoms with Gasteiger partial charge in [0, 0.05) is 5.92 Å². The normalized spacial score (nSPS) is 51.1. The van der Waals surface area contributed by atoms with E-state index in [0.29, 0.717) is 24.0 Å². The zero-order chi connectivity index (χ0) is 17.4. The second kappa shape index (κ2) is 7.44. The van der Waals surface area contributed by atoms with Gasteiger partial charge in [0.1, 0.15) is 0 Å². The topological polar surface area (TPSA) is 18.5 Å². The summed E-state index contributed by atoms with van der Waals surface area (Å²) in [4.78, 5) is 0. The summed E-state index contributed by atoms with van der Waals surface area (Å²) in [5, 5.41) is 0. The molecule has 1 aliphatic carbocycles. The monoisotopic (exact) mass is 324 g/mol. The van der Waals surface area contributed by atoms with Crippen LogP contribution in [0.3, 0.4) is 0 Å². The second-order valence-corrected chi connectivity index (χ2v) is 8.67. The van der Waals surface area contributed by atoms with Gasteiger partial charge >= 0.3 is 0 Å². The minimum absolute atomic E-state index is 0.117. The highest BCUT2D eigenvalue weighted by molar-refractivity contribution is 4.99. The van der Waals surface area contributed by atoms with Crippen molar-refractivity contribution < 1.29 is 9.47 Å². The van der Waals surface area contributed by atoms with Crippen molar-refractivity contribution in [1.82, 2.24) is 0 Å². The average molecular weight is 325 g/mol. The molecule has 0 amide bonds. The van der Waals surface area contributed by atoms with Gasteiger partial charge in [-0.3, -0.25) is 0 Å². The van der Waals surface area contributed by atoms with Gasteiger partial charge in [-0.15, -0.1) is 0 Å². The molecule has 1 aliphatic heterocycles. The molecule has 23 heavy (non-hydrogen) atoms. The van der Waals surface area contributed by atoms with Gasteiger partial charge in [0.25, 0.3) is 0 Å². The van der Waals surface area contributed by atoms with Gasteiger partial charge in [-0.1, -0.05) is 54.9 Å². The molecule has 136 valence electrons. The van der Waals surface area contributed by atoms with Gasteiger partial charge in [-0.2, -0.15) is 0 Å². The Hall–Kier alpha value is -0.0800. The van der Waals surface area contributed by atoms with Gasteiger partial charge in [0.2, 0.25) is 0 Å². The van der Waals surface area contributed by atoms with Gasteiger partial charge in [-0.25, -0.2) is 0 Å². The highest BCUT2D eigenvalue weighted by Gasteiger charge is 2.51. The molecule has 0 aromatic rings. The van der Waals surface area contributed by atoms with Crippen molar-refractivity contribution in [2.45, 2.75) is 105 Å². The van der Waals surface area contributed by atoms with Crippen molar-refractivity contribution >= 4 is 0 Å². The maximum absolute atomic E-state index is 6.84. The van der Waals surface area contributed by atoms with Crippen LogP contribution in [0.25, 0.3) is 0 Å². The Morgan fingerprint density at radius 1 is 0.913 bits per heavy atom. The van der Waals surface area contributed by atoms with E-state index in [-0.39, 0.29) is 11.7 Å². The van der Waals surface area contributed by atoms with Crippen molar-refractivity contribution in [2.75, 3.05) is 0 Å². The molecule has 2 nitrogen and oxygen atoms in total. The zero-order valence-corrected chi connectivity index (χ0v) is 16.8.